The van der Waals surface area contributed by atoms with Crippen LogP contribution in [0.2, 0.25) is 0 Å². The lowest BCUT2D eigenvalue weighted by Gasteiger charge is -2.19. The van der Waals surface area contributed by atoms with Gasteiger partial charge >= 0.3 is 0 Å². The molecule has 0 saturated carbocycles. The summed E-state index contributed by atoms with van der Waals surface area (Å²) in [4.78, 5) is 12.1. The molecule has 0 atom stereocenters. The molecule has 1 aromatic carbocycles. The molecule has 0 aliphatic carbocycles. The van der Waals surface area contributed by atoms with Crippen LogP contribution in [0, 0.1) is 0 Å². The second-order valence-electron chi connectivity index (χ2n) is 4.57. The van der Waals surface area contributed by atoms with Crippen molar-refractivity contribution in [1.82, 2.24) is 4.31 Å². The van der Waals surface area contributed by atoms with Gasteiger partial charge < -0.3 is 14.8 Å². The third kappa shape index (κ3) is 6.00. The number of hydrogen-bond acceptors (Lipinski definition) is 5. The van der Waals surface area contributed by atoms with E-state index >= 15 is 0 Å². The average molecular weight is 330 g/mol. The van der Waals surface area contributed by atoms with Crippen LogP contribution in [0.4, 0.5) is 5.69 Å². The Balaban J connectivity index is 2.75. The Morgan fingerprint density at radius 1 is 1.32 bits per heavy atom. The van der Waals surface area contributed by atoms with E-state index in [1.54, 1.807) is 24.3 Å². The van der Waals surface area contributed by atoms with Gasteiger partial charge in [0.15, 0.2) is 0 Å². The Labute approximate surface area is 131 Å². The standard InChI is InChI=1S/C14H22N2O5S/c1-4-21-13-8-6-5-7-12(13)15-14(17)11-16(9-10-20-2)22(3,18)19/h5-8H,4,9-11H2,1-3H3,(H,15,17). The van der Waals surface area contributed by atoms with Crippen molar-refractivity contribution >= 4 is 21.6 Å². The zero-order valence-electron chi connectivity index (χ0n) is 13.0. The number of hydrogen-bond donors (Lipinski definition) is 1. The molecule has 0 spiro atoms. The van der Waals surface area contributed by atoms with Crippen molar-refractivity contribution in [2.24, 2.45) is 0 Å². The van der Waals surface area contributed by atoms with Crippen molar-refractivity contribution in [2.45, 2.75) is 6.92 Å². The number of carbonyl (C=O) groups excluding carboxylic acids is 1. The lowest BCUT2D eigenvalue weighted by atomic mass is 10.3. The van der Waals surface area contributed by atoms with Crippen LogP contribution in [0.5, 0.6) is 5.75 Å². The molecule has 22 heavy (non-hydrogen) atoms. The smallest absolute Gasteiger partial charge is 0.239 e. The summed E-state index contributed by atoms with van der Waals surface area (Å²) in [5.74, 6) is 0.106. The van der Waals surface area contributed by atoms with Crippen LogP contribution in [-0.4, -0.2) is 58.3 Å². The first-order chi connectivity index (χ1) is 10.4. The fraction of sp³-hybridized carbons (Fsp3) is 0.500. The van der Waals surface area contributed by atoms with Gasteiger partial charge in [0.2, 0.25) is 15.9 Å². The summed E-state index contributed by atoms with van der Waals surface area (Å²) in [6, 6.07) is 6.99. The first-order valence-corrected chi connectivity index (χ1v) is 8.69. The highest BCUT2D eigenvalue weighted by molar-refractivity contribution is 7.88. The van der Waals surface area contributed by atoms with Gasteiger partial charge in [-0.25, -0.2) is 8.42 Å². The lowest BCUT2D eigenvalue weighted by Crippen LogP contribution is -2.39. The van der Waals surface area contributed by atoms with Gasteiger partial charge in [0, 0.05) is 13.7 Å². The molecular weight excluding hydrogens is 308 g/mol. The van der Waals surface area contributed by atoms with Crippen LogP contribution >= 0.6 is 0 Å². The molecule has 0 aliphatic rings. The Bertz CT molecular complexity index is 589. The van der Waals surface area contributed by atoms with Crippen LogP contribution in [0.25, 0.3) is 0 Å². The molecule has 1 rings (SSSR count). The number of nitrogens with one attached hydrogen (secondary N) is 1. The van der Waals surface area contributed by atoms with Crippen LogP contribution in [0.1, 0.15) is 6.92 Å². The highest BCUT2D eigenvalue weighted by atomic mass is 32.2. The zero-order valence-corrected chi connectivity index (χ0v) is 13.9. The van der Waals surface area contributed by atoms with Gasteiger partial charge in [-0.2, -0.15) is 4.31 Å². The van der Waals surface area contributed by atoms with Crippen molar-refractivity contribution in [3.8, 4) is 5.75 Å². The van der Waals surface area contributed by atoms with E-state index in [1.165, 1.54) is 7.11 Å². The number of anilines is 1. The van der Waals surface area contributed by atoms with E-state index in [4.69, 9.17) is 9.47 Å². The summed E-state index contributed by atoms with van der Waals surface area (Å²) in [6.07, 6.45) is 1.06. The fourth-order valence-electron chi connectivity index (χ4n) is 1.76. The summed E-state index contributed by atoms with van der Waals surface area (Å²) < 4.78 is 34.7. The molecule has 8 heteroatoms. The maximum absolute atomic E-state index is 12.1. The first-order valence-electron chi connectivity index (χ1n) is 6.84. The number of para-hydroxylation sites is 2. The molecule has 0 aromatic heterocycles. The maximum atomic E-state index is 12.1. The monoisotopic (exact) mass is 330 g/mol. The fourth-order valence-corrected chi connectivity index (χ4v) is 2.51. The highest BCUT2D eigenvalue weighted by Crippen LogP contribution is 2.23. The van der Waals surface area contributed by atoms with E-state index in [0.29, 0.717) is 18.0 Å². The molecule has 0 radical (unpaired) electrons. The normalized spacial score (nSPS) is 11.5. The Hall–Kier alpha value is -1.64. The zero-order chi connectivity index (χ0) is 16.6. The second-order valence-corrected chi connectivity index (χ2v) is 6.55. The number of nitrogens with zero attached hydrogens (tertiary/aromatic N) is 1. The molecule has 124 valence electrons. The third-order valence-corrected chi connectivity index (χ3v) is 4.04. The Morgan fingerprint density at radius 3 is 2.59 bits per heavy atom. The van der Waals surface area contributed by atoms with Crippen molar-refractivity contribution in [2.75, 3.05) is 45.0 Å². The molecule has 0 aliphatic heterocycles. The van der Waals surface area contributed by atoms with E-state index in [2.05, 4.69) is 5.32 Å². The third-order valence-electron chi connectivity index (χ3n) is 2.79. The molecule has 7 nitrogen and oxygen atoms in total. The SMILES string of the molecule is CCOc1ccccc1NC(=O)CN(CCOC)S(C)(=O)=O. The quantitative estimate of drug-likeness (QED) is 0.728. The molecular formula is C14H22N2O5S. The van der Waals surface area contributed by atoms with Crippen LogP contribution in [0.15, 0.2) is 24.3 Å². The van der Waals surface area contributed by atoms with Crippen LogP contribution in [0.3, 0.4) is 0 Å². The lowest BCUT2D eigenvalue weighted by molar-refractivity contribution is -0.116. The second kappa shape index (κ2) is 8.72. The maximum Gasteiger partial charge on any atom is 0.239 e. The predicted molar refractivity (Wildman–Crippen MR) is 84.5 cm³/mol. The highest BCUT2D eigenvalue weighted by Gasteiger charge is 2.20. The predicted octanol–water partition coefficient (Wildman–Crippen LogP) is 0.932. The molecule has 0 fully saturated rings. The molecule has 1 N–H and O–H groups in total. The number of amides is 1. The van der Waals surface area contributed by atoms with Crippen molar-refractivity contribution in [3.05, 3.63) is 24.3 Å². The van der Waals surface area contributed by atoms with Crippen molar-refractivity contribution < 1.29 is 22.7 Å². The number of rotatable bonds is 9. The van der Waals surface area contributed by atoms with Crippen LogP contribution < -0.4 is 10.1 Å². The molecule has 0 heterocycles. The molecule has 0 bridgehead atoms. The first kappa shape index (κ1) is 18.4. The summed E-state index contributed by atoms with van der Waals surface area (Å²) in [7, 11) is -2.01. The molecule has 1 amide bonds. The summed E-state index contributed by atoms with van der Waals surface area (Å²) in [5, 5.41) is 2.66. The van der Waals surface area contributed by atoms with E-state index in [0.717, 1.165) is 10.6 Å². The number of carbonyl (C=O) groups is 1. The largest absolute Gasteiger partial charge is 0.492 e. The summed E-state index contributed by atoms with van der Waals surface area (Å²) in [5.41, 5.74) is 0.509. The van der Waals surface area contributed by atoms with Gasteiger partial charge in [-0.05, 0) is 19.1 Å². The van der Waals surface area contributed by atoms with E-state index in [-0.39, 0.29) is 19.7 Å². The van der Waals surface area contributed by atoms with Gasteiger partial charge in [-0.15, -0.1) is 0 Å². The average Bonchev–Trinajstić information content (AvgIpc) is 2.44. The Morgan fingerprint density at radius 2 is 2.00 bits per heavy atom. The number of methoxy groups -OCH3 is 1. The van der Waals surface area contributed by atoms with Gasteiger partial charge in [0.1, 0.15) is 5.75 Å². The van der Waals surface area contributed by atoms with Crippen LogP contribution in [-0.2, 0) is 19.6 Å². The van der Waals surface area contributed by atoms with Gasteiger partial charge in [0.25, 0.3) is 0 Å². The minimum Gasteiger partial charge on any atom is -0.492 e. The van der Waals surface area contributed by atoms with E-state index < -0.39 is 15.9 Å². The summed E-state index contributed by atoms with van der Waals surface area (Å²) in [6.45, 7) is 2.37. The van der Waals surface area contributed by atoms with Gasteiger partial charge in [0.05, 0.1) is 31.7 Å². The topological polar surface area (TPSA) is 84.9 Å². The Kier molecular flexibility index (Phi) is 7.30. The van der Waals surface area contributed by atoms with Crippen molar-refractivity contribution in [3.63, 3.8) is 0 Å². The minimum atomic E-state index is -3.48. The molecule has 0 unspecified atom stereocenters. The molecule has 0 saturated heterocycles. The van der Waals surface area contributed by atoms with Gasteiger partial charge in [-0.3, -0.25) is 4.79 Å². The van der Waals surface area contributed by atoms with E-state index in [1.807, 2.05) is 6.92 Å². The number of ether oxygens (including phenoxy) is 2. The van der Waals surface area contributed by atoms with E-state index in [9.17, 15) is 13.2 Å². The number of sulfonamides is 1. The van der Waals surface area contributed by atoms with Gasteiger partial charge in [-0.1, -0.05) is 12.1 Å². The van der Waals surface area contributed by atoms with Crippen molar-refractivity contribution in [1.29, 1.82) is 0 Å². The number of benzene rings is 1. The minimum absolute atomic E-state index is 0.121. The summed E-state index contributed by atoms with van der Waals surface area (Å²) >= 11 is 0. The molecule has 1 aromatic rings.